The number of rotatable bonds is 4. The molecule has 232 valence electrons. The maximum absolute atomic E-state index is 14.1. The van der Waals surface area contributed by atoms with Crippen LogP contribution in [0.3, 0.4) is 0 Å². The van der Waals surface area contributed by atoms with Crippen LogP contribution >= 0.6 is 63.7 Å². The molecule has 2 heterocycles. The summed E-state index contributed by atoms with van der Waals surface area (Å²) in [6, 6.07) is 26.0. The van der Waals surface area contributed by atoms with E-state index in [2.05, 4.69) is 63.7 Å². The first kappa shape index (κ1) is 30.1. The summed E-state index contributed by atoms with van der Waals surface area (Å²) in [6.45, 7) is 0.290. The van der Waals surface area contributed by atoms with Gasteiger partial charge in [-0.15, -0.1) is 0 Å². The molecule has 0 N–H and O–H groups in total. The highest BCUT2D eigenvalue weighted by Crippen LogP contribution is 2.54. The fourth-order valence-corrected chi connectivity index (χ4v) is 9.88. The summed E-state index contributed by atoms with van der Waals surface area (Å²) in [4.78, 5) is 59.0. The molecule has 0 spiro atoms. The maximum Gasteiger partial charge on any atom is 0.261 e. The Bertz CT molecular complexity index is 2330. The van der Waals surface area contributed by atoms with Crippen LogP contribution in [0.2, 0.25) is 0 Å². The smallest absolute Gasteiger partial charge is 0.261 e. The van der Waals surface area contributed by atoms with E-state index in [1.807, 2.05) is 60.7 Å². The van der Waals surface area contributed by atoms with Crippen LogP contribution in [0, 0.1) is 0 Å². The van der Waals surface area contributed by atoms with Crippen molar-refractivity contribution in [2.24, 2.45) is 0 Å². The highest BCUT2D eigenvalue weighted by atomic mass is 79.9. The van der Waals surface area contributed by atoms with E-state index in [-0.39, 0.29) is 36.7 Å². The van der Waals surface area contributed by atoms with Gasteiger partial charge in [0, 0.05) is 83.2 Å². The number of halogens is 4. The molecule has 0 atom stereocenters. The van der Waals surface area contributed by atoms with Crippen molar-refractivity contribution in [1.29, 1.82) is 0 Å². The lowest BCUT2D eigenvalue weighted by molar-refractivity contribution is 0.0583. The first-order valence-corrected chi connectivity index (χ1v) is 18.1. The van der Waals surface area contributed by atoms with E-state index >= 15 is 0 Å². The molecule has 2 aliphatic rings. The fourth-order valence-electron chi connectivity index (χ4n) is 7.38. The van der Waals surface area contributed by atoms with Crippen LogP contribution in [0.5, 0.6) is 0 Å². The van der Waals surface area contributed by atoms with Gasteiger partial charge in [0.25, 0.3) is 23.6 Å². The van der Waals surface area contributed by atoms with Gasteiger partial charge in [-0.3, -0.25) is 29.0 Å². The second kappa shape index (κ2) is 10.8. The molecule has 7 aromatic rings. The van der Waals surface area contributed by atoms with Gasteiger partial charge in [0.1, 0.15) is 0 Å². The minimum atomic E-state index is -0.374. The monoisotopic (exact) mass is 882 g/mol. The zero-order valence-electron chi connectivity index (χ0n) is 24.5. The van der Waals surface area contributed by atoms with Crippen molar-refractivity contribution in [1.82, 2.24) is 9.80 Å². The molecule has 4 amide bonds. The number of benzene rings is 7. The van der Waals surface area contributed by atoms with Gasteiger partial charge in [-0.05, 0) is 35.4 Å². The lowest BCUT2D eigenvalue weighted by Gasteiger charge is -2.31. The third-order valence-corrected chi connectivity index (χ3v) is 11.9. The Labute approximate surface area is 306 Å². The summed E-state index contributed by atoms with van der Waals surface area (Å²) in [6.07, 6.45) is 0. The van der Waals surface area contributed by atoms with E-state index in [4.69, 9.17) is 0 Å². The fraction of sp³-hybridized carbons (Fsp3) is 0.0526. The molecule has 48 heavy (non-hydrogen) atoms. The average Bonchev–Trinajstić information content (AvgIpc) is 3.08. The summed E-state index contributed by atoms with van der Waals surface area (Å²) in [5.41, 5.74) is 3.37. The molecule has 0 fully saturated rings. The molecular formula is C38H18Br4N2O4. The van der Waals surface area contributed by atoms with E-state index in [0.717, 1.165) is 43.4 Å². The third-order valence-electron chi connectivity index (χ3n) is 9.39. The van der Waals surface area contributed by atoms with E-state index in [1.54, 1.807) is 24.3 Å². The zero-order valence-corrected chi connectivity index (χ0v) is 30.9. The largest absolute Gasteiger partial charge is 0.270 e. The number of carbonyl (C=O) groups excluding carboxylic acids is 4. The Morgan fingerprint density at radius 2 is 0.646 bits per heavy atom. The molecule has 0 radical (unpaired) electrons. The van der Waals surface area contributed by atoms with Gasteiger partial charge < -0.3 is 0 Å². The first-order chi connectivity index (χ1) is 23.2. The van der Waals surface area contributed by atoms with E-state index in [9.17, 15) is 19.2 Å². The van der Waals surface area contributed by atoms with Crippen LogP contribution < -0.4 is 0 Å². The molecule has 0 aliphatic carbocycles. The molecule has 0 saturated carbocycles. The van der Waals surface area contributed by atoms with Crippen LogP contribution in [-0.4, -0.2) is 33.4 Å². The average molecular weight is 886 g/mol. The predicted octanol–water partition coefficient (Wildman–Crippen LogP) is 10.4. The van der Waals surface area contributed by atoms with Crippen molar-refractivity contribution in [3.05, 3.63) is 136 Å². The Morgan fingerprint density at radius 3 is 0.917 bits per heavy atom. The minimum Gasteiger partial charge on any atom is -0.270 e. The van der Waals surface area contributed by atoms with Crippen molar-refractivity contribution in [3.8, 4) is 0 Å². The van der Waals surface area contributed by atoms with Crippen molar-refractivity contribution in [3.63, 3.8) is 0 Å². The van der Waals surface area contributed by atoms with Gasteiger partial charge >= 0.3 is 0 Å². The Morgan fingerprint density at radius 1 is 0.375 bits per heavy atom. The lowest BCUT2D eigenvalue weighted by atomic mass is 9.82. The number of carbonyl (C=O) groups is 4. The molecule has 2 aliphatic heterocycles. The molecular weight excluding hydrogens is 868 g/mol. The Kier molecular flexibility index (Phi) is 6.76. The summed E-state index contributed by atoms with van der Waals surface area (Å²) in [5, 5.41) is 5.70. The van der Waals surface area contributed by atoms with Crippen molar-refractivity contribution < 1.29 is 19.2 Å². The van der Waals surface area contributed by atoms with Crippen LogP contribution in [0.25, 0.3) is 43.1 Å². The third kappa shape index (κ3) is 4.06. The molecule has 0 bridgehead atoms. The summed E-state index contributed by atoms with van der Waals surface area (Å²) in [5.74, 6) is -1.50. The Hall–Kier alpha value is -3.96. The predicted molar refractivity (Wildman–Crippen MR) is 200 cm³/mol. The number of nitrogens with zero attached hydrogens (tertiary/aromatic N) is 2. The number of hydrogen-bond donors (Lipinski definition) is 0. The van der Waals surface area contributed by atoms with Gasteiger partial charge in [0.15, 0.2) is 0 Å². The van der Waals surface area contributed by atoms with Gasteiger partial charge in [-0.25, -0.2) is 0 Å². The highest BCUT2D eigenvalue weighted by molar-refractivity contribution is 9.11. The lowest BCUT2D eigenvalue weighted by Crippen LogP contribution is -2.40. The number of imide groups is 2. The maximum atomic E-state index is 14.1. The SMILES string of the molecule is O=C1c2cc(Br)c3c4c(Br)cc5c6c(cc(Br)c(c7c(Br)cc(c2c37)C(=O)N1Cc1ccccc1)c64)C(=O)N(Cc1ccccc1)C5=O. The summed E-state index contributed by atoms with van der Waals surface area (Å²) >= 11 is 15.2. The normalized spacial score (nSPS) is 14.5. The minimum absolute atomic E-state index is 0.145. The zero-order chi connectivity index (χ0) is 33.2. The van der Waals surface area contributed by atoms with Crippen molar-refractivity contribution in [2.75, 3.05) is 0 Å². The molecule has 0 saturated heterocycles. The van der Waals surface area contributed by atoms with Gasteiger partial charge in [-0.1, -0.05) is 124 Å². The van der Waals surface area contributed by atoms with Crippen molar-refractivity contribution >= 4 is 130 Å². The standard InChI is InChI=1S/C38H18Br4N2O4/c39-23-11-19-27-20(36(46)43(35(19)45)15-17-7-3-1-4-8-17)12-24(40)30-32-26(42)14-22-28-21(13-25(41)31(34(28)32)29(23)33(27)30)37(47)44(38(22)48)16-18-9-5-2-6-10-18/h1-14H,15-16H2. The van der Waals surface area contributed by atoms with Crippen LogP contribution in [-0.2, 0) is 13.1 Å². The van der Waals surface area contributed by atoms with E-state index in [1.165, 1.54) is 9.80 Å². The molecule has 0 unspecified atom stereocenters. The van der Waals surface area contributed by atoms with Gasteiger partial charge in [0.05, 0.1) is 13.1 Å². The molecule has 9 rings (SSSR count). The summed E-state index contributed by atoms with van der Waals surface area (Å²) in [7, 11) is 0. The van der Waals surface area contributed by atoms with Gasteiger partial charge in [0.2, 0.25) is 0 Å². The van der Waals surface area contributed by atoms with Crippen LogP contribution in [0.1, 0.15) is 52.6 Å². The highest BCUT2D eigenvalue weighted by Gasteiger charge is 2.39. The number of amides is 4. The summed E-state index contributed by atoms with van der Waals surface area (Å²) < 4.78 is 2.61. The quantitative estimate of drug-likeness (QED) is 0.100. The number of hydrogen-bond acceptors (Lipinski definition) is 4. The number of fused-ring (bicyclic) bond motifs is 2. The van der Waals surface area contributed by atoms with E-state index in [0.29, 0.717) is 50.9 Å². The van der Waals surface area contributed by atoms with Gasteiger partial charge in [-0.2, -0.15) is 0 Å². The Balaban J connectivity index is 1.36. The van der Waals surface area contributed by atoms with Crippen LogP contribution in [0.4, 0.5) is 0 Å². The second-order valence-corrected chi connectivity index (χ2v) is 15.4. The molecule has 7 aromatic carbocycles. The first-order valence-electron chi connectivity index (χ1n) is 14.9. The van der Waals surface area contributed by atoms with E-state index < -0.39 is 0 Å². The molecule has 10 heteroatoms. The van der Waals surface area contributed by atoms with Crippen molar-refractivity contribution in [2.45, 2.75) is 13.1 Å². The molecule has 0 aromatic heterocycles. The molecule has 6 nitrogen and oxygen atoms in total. The second-order valence-electron chi connectivity index (χ2n) is 12.0. The van der Waals surface area contributed by atoms with Crippen LogP contribution in [0.15, 0.2) is 103 Å². The topological polar surface area (TPSA) is 74.8 Å².